The number of hydrogen-bond donors (Lipinski definition) is 4. The fraction of sp³-hybridized carbons (Fsp3) is 0.690. The molecule has 1 aliphatic heterocycles. The first-order chi connectivity index (χ1) is 20.7. The van der Waals surface area contributed by atoms with Crippen LogP contribution in [-0.4, -0.2) is 66.8 Å². The number of halogens is 1. The monoisotopic (exact) mass is 678 g/mol. The number of hydrazine groups is 1. The average molecular weight is 679 g/mol. The van der Waals surface area contributed by atoms with Crippen LogP contribution in [0.5, 0.6) is 5.75 Å². The van der Waals surface area contributed by atoms with Crippen molar-refractivity contribution in [3.05, 3.63) is 38.9 Å². The molecule has 1 heterocycles. The molecule has 3 saturated carbocycles. The summed E-state index contributed by atoms with van der Waals surface area (Å²) in [6.07, 6.45) is 3.19. The molecule has 6 atom stereocenters. The summed E-state index contributed by atoms with van der Waals surface area (Å²) < 4.78 is 19.6. The maximum atomic E-state index is 13.7. The Balaban J connectivity index is 1.42. The molecule has 2 amide bonds. The Morgan fingerprint density at radius 1 is 1.23 bits per heavy atom. The number of amides is 2. The molecule has 13 nitrogen and oxygen atoms in total. The van der Waals surface area contributed by atoms with E-state index in [1.165, 1.54) is 0 Å². The van der Waals surface area contributed by atoms with Crippen LogP contribution >= 0.6 is 15.9 Å². The molecule has 1 aromatic carbocycles. The number of ether oxygens (including phenoxy) is 1. The van der Waals surface area contributed by atoms with E-state index in [0.29, 0.717) is 30.4 Å². The summed E-state index contributed by atoms with van der Waals surface area (Å²) in [7, 11) is -0.610. The molecule has 4 aliphatic rings. The Hall–Kier alpha value is -2.91. The third kappa shape index (κ3) is 8.02. The summed E-state index contributed by atoms with van der Waals surface area (Å²) in [6, 6.07) is 6.13. The highest BCUT2D eigenvalue weighted by atomic mass is 79.9. The summed E-state index contributed by atoms with van der Waals surface area (Å²) in [4.78, 5) is 41.1. The van der Waals surface area contributed by atoms with Crippen molar-refractivity contribution in [3.63, 3.8) is 0 Å². The lowest BCUT2D eigenvalue weighted by molar-refractivity contribution is -0.525. The number of hydrogen-bond acceptors (Lipinski definition) is 8. The summed E-state index contributed by atoms with van der Waals surface area (Å²) in [5, 5.41) is 15.7. The van der Waals surface area contributed by atoms with Gasteiger partial charge in [0.15, 0.2) is 11.6 Å². The highest BCUT2D eigenvalue weighted by molar-refractivity contribution is 9.10. The second-order valence-corrected chi connectivity index (χ2v) is 14.1. The number of carbonyl (C=O) groups is 2. The minimum Gasteiger partial charge on any atom is -0.484 e. The normalized spacial score (nSPS) is 26.7. The van der Waals surface area contributed by atoms with E-state index in [-0.39, 0.29) is 48.9 Å². The molecule has 1 aromatic rings. The van der Waals surface area contributed by atoms with E-state index in [2.05, 4.69) is 66.2 Å². The summed E-state index contributed by atoms with van der Waals surface area (Å²) in [5.74, 6) is 0.110. The predicted molar refractivity (Wildman–Crippen MR) is 169 cm³/mol. The second kappa shape index (κ2) is 14.0. The molecular weight excluding hydrogens is 635 g/mol. The SMILES string of the molecule is CC(C)C[C@H](NC(=O)[C@H](CCCN=C(N)N[N+](=O)[O-])NC(=O)COc1ccc(Br)cc1)B1O[C@@H]2C[C@H]3C[C@H](C3(C)C)[C@]2(C)O1. The number of nitro groups is 1. The van der Waals surface area contributed by atoms with Gasteiger partial charge >= 0.3 is 7.12 Å². The molecule has 0 spiro atoms. The first-order valence-corrected chi connectivity index (χ1v) is 16.0. The highest BCUT2D eigenvalue weighted by Gasteiger charge is 2.68. The van der Waals surface area contributed by atoms with Crippen LogP contribution in [0.15, 0.2) is 33.7 Å². The van der Waals surface area contributed by atoms with Gasteiger partial charge in [-0.05, 0) is 86.5 Å². The van der Waals surface area contributed by atoms with Gasteiger partial charge in [0.1, 0.15) is 11.8 Å². The third-order valence-electron chi connectivity index (χ3n) is 9.32. The van der Waals surface area contributed by atoms with Gasteiger partial charge < -0.3 is 30.4 Å². The zero-order chi connectivity index (χ0) is 32.2. The number of nitrogens with one attached hydrogen (secondary N) is 3. The third-order valence-corrected chi connectivity index (χ3v) is 9.85. The van der Waals surface area contributed by atoms with Crippen LogP contribution in [0, 0.1) is 33.3 Å². The van der Waals surface area contributed by atoms with Gasteiger partial charge in [0.05, 0.1) is 17.6 Å². The highest BCUT2D eigenvalue weighted by Crippen LogP contribution is 2.65. The van der Waals surface area contributed by atoms with E-state index in [4.69, 9.17) is 19.8 Å². The fourth-order valence-electron chi connectivity index (χ4n) is 6.91. The van der Waals surface area contributed by atoms with Crippen molar-refractivity contribution in [2.24, 2.45) is 33.9 Å². The first kappa shape index (κ1) is 34.0. The molecule has 5 rings (SSSR count). The van der Waals surface area contributed by atoms with Crippen molar-refractivity contribution >= 4 is 40.8 Å². The lowest BCUT2D eigenvalue weighted by Crippen LogP contribution is -2.65. The minimum absolute atomic E-state index is 0.0295. The topological polar surface area (TPSA) is 179 Å². The smallest absolute Gasteiger partial charge is 0.481 e. The van der Waals surface area contributed by atoms with Gasteiger partial charge in [-0.3, -0.25) is 9.59 Å². The predicted octanol–water partition coefficient (Wildman–Crippen LogP) is 2.99. The molecule has 1 saturated heterocycles. The molecular formula is C29H44BBrN6O7. The van der Waals surface area contributed by atoms with Crippen molar-refractivity contribution in [2.75, 3.05) is 13.2 Å². The number of nitrogens with two attached hydrogens (primary N) is 1. The van der Waals surface area contributed by atoms with Crippen LogP contribution in [0.4, 0.5) is 0 Å². The molecule has 0 aromatic heterocycles. The molecule has 44 heavy (non-hydrogen) atoms. The van der Waals surface area contributed by atoms with Crippen molar-refractivity contribution in [1.82, 2.24) is 16.1 Å². The van der Waals surface area contributed by atoms with E-state index in [1.54, 1.807) is 29.7 Å². The molecule has 0 unspecified atom stereocenters. The zero-order valence-electron chi connectivity index (χ0n) is 26.0. The Kier molecular flexibility index (Phi) is 10.8. The molecule has 5 N–H and O–H groups in total. The first-order valence-electron chi connectivity index (χ1n) is 15.2. The van der Waals surface area contributed by atoms with Crippen LogP contribution in [0.25, 0.3) is 0 Å². The van der Waals surface area contributed by atoms with Crippen molar-refractivity contribution in [2.45, 2.75) is 90.4 Å². The van der Waals surface area contributed by atoms with Crippen LogP contribution < -0.4 is 26.5 Å². The number of rotatable bonds is 14. The van der Waals surface area contributed by atoms with E-state index in [1.807, 2.05) is 0 Å². The number of carbonyl (C=O) groups excluding carboxylic acids is 2. The molecule has 242 valence electrons. The van der Waals surface area contributed by atoms with Gasteiger partial charge in [-0.15, -0.1) is 0 Å². The largest absolute Gasteiger partial charge is 0.484 e. The van der Waals surface area contributed by atoms with Crippen molar-refractivity contribution < 1.29 is 28.7 Å². The summed E-state index contributed by atoms with van der Waals surface area (Å²) in [6.45, 7) is 10.7. The number of guanidine groups is 1. The minimum atomic E-state index is -0.920. The van der Waals surface area contributed by atoms with E-state index in [0.717, 1.165) is 17.3 Å². The summed E-state index contributed by atoms with van der Waals surface area (Å²) in [5.41, 5.74) is 7.06. The van der Waals surface area contributed by atoms with Crippen molar-refractivity contribution in [1.29, 1.82) is 0 Å². The lowest BCUT2D eigenvalue weighted by Gasteiger charge is -2.64. The molecule has 3 aliphatic carbocycles. The Morgan fingerprint density at radius 2 is 1.93 bits per heavy atom. The maximum absolute atomic E-state index is 13.7. The molecule has 2 bridgehead atoms. The summed E-state index contributed by atoms with van der Waals surface area (Å²) >= 11 is 3.36. The average Bonchev–Trinajstić information content (AvgIpc) is 3.30. The van der Waals surface area contributed by atoms with Crippen LogP contribution in [-0.2, 0) is 18.9 Å². The van der Waals surface area contributed by atoms with Gasteiger partial charge in [0.2, 0.25) is 5.91 Å². The quantitative estimate of drug-likeness (QED) is 0.0575. The van der Waals surface area contributed by atoms with Gasteiger partial charge in [0, 0.05) is 11.0 Å². The van der Waals surface area contributed by atoms with E-state index >= 15 is 0 Å². The van der Waals surface area contributed by atoms with E-state index in [9.17, 15) is 19.7 Å². The second-order valence-electron chi connectivity index (χ2n) is 13.2. The Bertz CT molecular complexity index is 1240. The standard InChI is InChI=1S/C29H44BBrN6O7/c1-17(2)13-24(30-43-23-15-18-14-22(28(18,3)4)29(23,5)44-30)35-26(39)21(7-6-12-33-27(32)36-37(40)41)34-25(38)16-42-20-10-8-19(31)9-11-20/h8-11,17-18,21-24H,6-7,12-16H2,1-5H3,(H,34,38)(H,35,39)(H3,32,33,36)/t18-,21+,22-,23-,24+,29+/m1/s1. The Labute approximate surface area is 267 Å². The van der Waals surface area contributed by atoms with Gasteiger partial charge in [0.25, 0.3) is 11.9 Å². The van der Waals surface area contributed by atoms with Crippen LogP contribution in [0.3, 0.4) is 0 Å². The lowest BCUT2D eigenvalue weighted by atomic mass is 9.43. The van der Waals surface area contributed by atoms with Gasteiger partial charge in [-0.2, -0.15) is 0 Å². The molecule has 0 radical (unpaired) electrons. The zero-order valence-corrected chi connectivity index (χ0v) is 27.6. The maximum Gasteiger partial charge on any atom is 0.481 e. The number of aliphatic imine (C=N–C) groups is 1. The van der Waals surface area contributed by atoms with Crippen molar-refractivity contribution in [3.8, 4) is 5.75 Å². The van der Waals surface area contributed by atoms with Crippen LogP contribution in [0.2, 0.25) is 0 Å². The fourth-order valence-corrected chi connectivity index (χ4v) is 7.17. The van der Waals surface area contributed by atoms with Crippen LogP contribution in [0.1, 0.15) is 66.7 Å². The molecule has 15 heteroatoms. The Morgan fingerprint density at radius 3 is 2.57 bits per heavy atom. The number of benzene rings is 1. The van der Waals surface area contributed by atoms with E-state index < -0.39 is 35.6 Å². The number of nitrogens with zero attached hydrogens (tertiary/aromatic N) is 2. The van der Waals surface area contributed by atoms with Gasteiger partial charge in [-0.1, -0.05) is 49.1 Å². The molecule has 4 fully saturated rings. The van der Waals surface area contributed by atoms with Gasteiger partial charge in [-0.25, -0.2) is 15.1 Å².